The van der Waals surface area contributed by atoms with Gasteiger partial charge >= 0.3 is 0 Å². The molecule has 1 aliphatic rings. The van der Waals surface area contributed by atoms with Crippen molar-refractivity contribution in [1.82, 2.24) is 9.97 Å². The van der Waals surface area contributed by atoms with Gasteiger partial charge in [0.1, 0.15) is 5.58 Å². The highest BCUT2D eigenvalue weighted by atomic mass is 19.3. The van der Waals surface area contributed by atoms with Crippen molar-refractivity contribution in [1.29, 1.82) is 0 Å². The summed E-state index contributed by atoms with van der Waals surface area (Å²) in [6, 6.07) is 16.2. The molecule has 1 atom stereocenters. The number of halogens is 2. The molecule has 0 bridgehead atoms. The van der Waals surface area contributed by atoms with Crippen LogP contribution in [0, 0.1) is 13.8 Å². The maximum Gasteiger partial charge on any atom is 0.248 e. The van der Waals surface area contributed by atoms with Gasteiger partial charge in [0, 0.05) is 46.5 Å². The highest BCUT2D eigenvalue weighted by molar-refractivity contribution is 6.11. The topological polar surface area (TPSA) is 38.9 Å². The zero-order chi connectivity index (χ0) is 22.0. The van der Waals surface area contributed by atoms with E-state index in [2.05, 4.69) is 24.0 Å². The van der Waals surface area contributed by atoms with Crippen molar-refractivity contribution >= 4 is 32.8 Å². The average molecular weight is 428 g/mol. The summed E-state index contributed by atoms with van der Waals surface area (Å²) >= 11 is 0. The molecular weight excluding hydrogens is 406 g/mol. The molecule has 3 heterocycles. The maximum atomic E-state index is 13.8. The molecule has 6 rings (SSSR count). The molecule has 5 heteroatoms. The van der Waals surface area contributed by atoms with Gasteiger partial charge in [-0.25, -0.2) is 13.8 Å². The smallest absolute Gasteiger partial charge is 0.248 e. The van der Waals surface area contributed by atoms with Crippen LogP contribution in [0.2, 0.25) is 0 Å². The number of benzene rings is 2. The minimum absolute atomic E-state index is 0.0296. The summed E-state index contributed by atoms with van der Waals surface area (Å²) in [4.78, 5) is 9.26. The lowest BCUT2D eigenvalue weighted by molar-refractivity contribution is 0.00777. The summed E-state index contributed by atoms with van der Waals surface area (Å²) < 4.78 is 33.7. The van der Waals surface area contributed by atoms with Gasteiger partial charge in [0.25, 0.3) is 0 Å². The van der Waals surface area contributed by atoms with Gasteiger partial charge in [-0.05, 0) is 73.0 Å². The fraction of sp³-hybridized carbons (Fsp3) is 0.259. The van der Waals surface area contributed by atoms with Gasteiger partial charge in [0.05, 0.1) is 5.69 Å². The number of nitrogens with zero attached hydrogens (tertiary/aromatic N) is 2. The fourth-order valence-corrected chi connectivity index (χ4v) is 5.07. The monoisotopic (exact) mass is 428 g/mol. The van der Waals surface area contributed by atoms with Crippen molar-refractivity contribution in [3.05, 3.63) is 71.5 Å². The lowest BCUT2D eigenvalue weighted by Crippen LogP contribution is -2.09. The molecule has 1 fully saturated rings. The van der Waals surface area contributed by atoms with E-state index in [9.17, 15) is 8.78 Å². The molecular formula is C27H22F2N2O. The Labute approximate surface area is 184 Å². The number of pyridine rings is 2. The summed E-state index contributed by atoms with van der Waals surface area (Å²) in [5, 5.41) is 3.99. The number of rotatable bonds is 2. The first-order valence-electron chi connectivity index (χ1n) is 11.0. The third kappa shape index (κ3) is 3.07. The van der Waals surface area contributed by atoms with Crippen molar-refractivity contribution in [2.45, 2.75) is 45.0 Å². The van der Waals surface area contributed by atoms with Gasteiger partial charge in [-0.2, -0.15) is 0 Å². The van der Waals surface area contributed by atoms with E-state index in [-0.39, 0.29) is 18.8 Å². The van der Waals surface area contributed by atoms with Crippen LogP contribution in [0.5, 0.6) is 0 Å². The minimum atomic E-state index is -2.55. The number of aryl methyl sites for hydroxylation is 2. The van der Waals surface area contributed by atoms with Crippen LogP contribution >= 0.6 is 0 Å². The van der Waals surface area contributed by atoms with E-state index in [0.29, 0.717) is 12.1 Å². The summed E-state index contributed by atoms with van der Waals surface area (Å²) in [7, 11) is 0. The number of hydrogen-bond donors (Lipinski definition) is 0. The number of furan rings is 1. The van der Waals surface area contributed by atoms with Crippen molar-refractivity contribution in [3.63, 3.8) is 0 Å². The standard InChI is InChI=1S/C27H22F2N2O/c1-15-11-22-21-5-3-16(2)31-26(21)32-25(22)23(12-15)24-20-6-4-17(13-18(20)8-10-30-24)19-7-9-27(28,29)14-19/h3-6,8,10-13,19H,7,9,14H2,1-2H3. The molecule has 1 saturated carbocycles. The molecule has 3 aromatic heterocycles. The molecule has 1 unspecified atom stereocenters. The molecule has 2 aromatic carbocycles. The predicted octanol–water partition coefficient (Wildman–Crippen LogP) is 7.72. The van der Waals surface area contributed by atoms with E-state index < -0.39 is 5.92 Å². The van der Waals surface area contributed by atoms with Crippen LogP contribution in [0.15, 0.2) is 59.1 Å². The lowest BCUT2D eigenvalue weighted by atomic mass is 9.93. The van der Waals surface area contributed by atoms with Crippen molar-refractivity contribution in [3.8, 4) is 11.3 Å². The zero-order valence-electron chi connectivity index (χ0n) is 18.0. The SMILES string of the molecule is Cc1cc(-c2nccc3cc(C4CCC(F)(F)C4)ccc23)c2oc3nc(C)ccc3c2c1. The third-order valence-corrected chi connectivity index (χ3v) is 6.64. The van der Waals surface area contributed by atoms with Crippen LogP contribution in [0.1, 0.15) is 42.0 Å². The van der Waals surface area contributed by atoms with Crippen LogP contribution in [-0.2, 0) is 0 Å². The Hall–Kier alpha value is -3.34. The number of fused-ring (bicyclic) bond motifs is 4. The maximum absolute atomic E-state index is 13.8. The molecule has 1 aliphatic carbocycles. The second-order valence-electron chi connectivity index (χ2n) is 9.03. The molecule has 3 nitrogen and oxygen atoms in total. The van der Waals surface area contributed by atoms with E-state index in [1.807, 2.05) is 43.3 Å². The summed E-state index contributed by atoms with van der Waals surface area (Å²) in [5.74, 6) is -2.65. The molecule has 5 aromatic rings. The van der Waals surface area contributed by atoms with Crippen LogP contribution in [-0.4, -0.2) is 15.9 Å². The van der Waals surface area contributed by atoms with E-state index in [1.54, 1.807) is 6.20 Å². The fourth-order valence-electron chi connectivity index (χ4n) is 5.07. The third-order valence-electron chi connectivity index (χ3n) is 6.64. The molecule has 0 radical (unpaired) electrons. The molecule has 32 heavy (non-hydrogen) atoms. The summed E-state index contributed by atoms with van der Waals surface area (Å²) in [6.07, 6.45) is 2.21. The zero-order valence-corrected chi connectivity index (χ0v) is 18.0. The van der Waals surface area contributed by atoms with E-state index in [4.69, 9.17) is 9.40 Å². The van der Waals surface area contributed by atoms with Crippen LogP contribution in [0.3, 0.4) is 0 Å². The predicted molar refractivity (Wildman–Crippen MR) is 123 cm³/mol. The Morgan fingerprint density at radius 2 is 1.81 bits per heavy atom. The number of hydrogen-bond acceptors (Lipinski definition) is 3. The highest BCUT2D eigenvalue weighted by Gasteiger charge is 2.39. The van der Waals surface area contributed by atoms with E-state index >= 15 is 0 Å². The first-order valence-corrected chi connectivity index (χ1v) is 11.0. The van der Waals surface area contributed by atoms with Crippen LogP contribution < -0.4 is 0 Å². The highest BCUT2D eigenvalue weighted by Crippen LogP contribution is 2.45. The Balaban J connectivity index is 1.54. The lowest BCUT2D eigenvalue weighted by Gasteiger charge is -2.13. The van der Waals surface area contributed by atoms with Gasteiger partial charge < -0.3 is 4.42 Å². The van der Waals surface area contributed by atoms with Crippen molar-refractivity contribution in [2.75, 3.05) is 0 Å². The molecule has 0 aliphatic heterocycles. The summed E-state index contributed by atoms with van der Waals surface area (Å²) in [5.41, 5.74) is 6.13. The summed E-state index contributed by atoms with van der Waals surface area (Å²) in [6.45, 7) is 4.01. The molecule has 160 valence electrons. The Morgan fingerprint density at radius 3 is 2.62 bits per heavy atom. The minimum Gasteiger partial charge on any atom is -0.437 e. The largest absolute Gasteiger partial charge is 0.437 e. The Kier molecular flexibility index (Phi) is 4.13. The second kappa shape index (κ2) is 6.83. The van der Waals surface area contributed by atoms with Crippen LogP contribution in [0.4, 0.5) is 8.78 Å². The first-order chi connectivity index (χ1) is 15.4. The molecule has 0 amide bonds. The van der Waals surface area contributed by atoms with Gasteiger partial charge in [0.2, 0.25) is 11.6 Å². The molecule has 0 N–H and O–H groups in total. The molecule has 0 saturated heterocycles. The van der Waals surface area contributed by atoms with Gasteiger partial charge in [-0.15, -0.1) is 0 Å². The normalized spacial score (nSPS) is 18.2. The molecule has 0 spiro atoms. The Morgan fingerprint density at radius 1 is 0.969 bits per heavy atom. The van der Waals surface area contributed by atoms with E-state index in [0.717, 1.165) is 55.2 Å². The number of aromatic nitrogens is 2. The number of alkyl halides is 2. The van der Waals surface area contributed by atoms with Gasteiger partial charge in [-0.1, -0.05) is 18.2 Å². The van der Waals surface area contributed by atoms with Crippen molar-refractivity contribution < 1.29 is 13.2 Å². The van der Waals surface area contributed by atoms with Gasteiger partial charge in [-0.3, -0.25) is 4.98 Å². The van der Waals surface area contributed by atoms with Gasteiger partial charge in [0.15, 0.2) is 0 Å². The second-order valence-corrected chi connectivity index (χ2v) is 9.03. The average Bonchev–Trinajstić information content (AvgIpc) is 3.31. The Bertz CT molecular complexity index is 1520. The van der Waals surface area contributed by atoms with Crippen molar-refractivity contribution in [2.24, 2.45) is 0 Å². The first kappa shape index (κ1) is 19.4. The van der Waals surface area contributed by atoms with E-state index in [1.165, 1.54) is 0 Å². The quantitative estimate of drug-likeness (QED) is 0.289. The van der Waals surface area contributed by atoms with Crippen LogP contribution in [0.25, 0.3) is 44.1 Å².